The van der Waals surface area contributed by atoms with Gasteiger partial charge in [-0.1, -0.05) is 37.5 Å². The maximum absolute atomic E-state index is 13.4. The summed E-state index contributed by atoms with van der Waals surface area (Å²) >= 11 is 0. The Kier molecular flexibility index (Phi) is 7.27. The second kappa shape index (κ2) is 10.5. The number of amides is 3. The number of carbonyl (C=O) groups is 3. The van der Waals surface area contributed by atoms with Gasteiger partial charge in [0.05, 0.1) is 18.7 Å². The van der Waals surface area contributed by atoms with Gasteiger partial charge in [-0.3, -0.25) is 14.4 Å². The van der Waals surface area contributed by atoms with Crippen LogP contribution in [-0.4, -0.2) is 47.9 Å². The number of carbonyl (C=O) groups excluding carboxylic acids is 3. The van der Waals surface area contributed by atoms with Crippen LogP contribution in [0.25, 0.3) is 0 Å². The van der Waals surface area contributed by atoms with E-state index < -0.39 is 6.04 Å². The number of anilines is 1. The number of benzene rings is 2. The van der Waals surface area contributed by atoms with Gasteiger partial charge in [-0.05, 0) is 56.2 Å². The number of rotatable bonds is 8. The summed E-state index contributed by atoms with van der Waals surface area (Å²) in [7, 11) is 0. The molecule has 0 N–H and O–H groups in total. The standard InChI is InChI=1S/C26H30N2O5/c1-2-32-22-15-13-20(14-16-22)28-24(29)17-23(26(28)31)27(19-9-5-3-6-10-19)25(30)18-33-21-11-7-4-8-12-21/h4,7-8,11-16,19,23H,2-3,5-6,9-10,17-18H2,1H3. The molecule has 33 heavy (non-hydrogen) atoms. The monoisotopic (exact) mass is 450 g/mol. The summed E-state index contributed by atoms with van der Waals surface area (Å²) in [5.41, 5.74) is 0.493. The summed E-state index contributed by atoms with van der Waals surface area (Å²) in [6.45, 7) is 2.26. The van der Waals surface area contributed by atoms with Gasteiger partial charge < -0.3 is 14.4 Å². The first-order valence-electron chi connectivity index (χ1n) is 11.7. The van der Waals surface area contributed by atoms with Gasteiger partial charge in [0.15, 0.2) is 6.61 Å². The third-order valence-electron chi connectivity index (χ3n) is 6.23. The van der Waals surface area contributed by atoms with E-state index in [1.165, 1.54) is 4.90 Å². The summed E-state index contributed by atoms with van der Waals surface area (Å²) in [6.07, 6.45) is 4.78. The highest BCUT2D eigenvalue weighted by molar-refractivity contribution is 6.23. The number of nitrogens with zero attached hydrogens (tertiary/aromatic N) is 2. The molecule has 1 heterocycles. The van der Waals surface area contributed by atoms with E-state index in [1.54, 1.807) is 41.3 Å². The molecule has 2 aliphatic rings. The Balaban J connectivity index is 1.53. The van der Waals surface area contributed by atoms with Gasteiger partial charge in [0.1, 0.15) is 17.5 Å². The Morgan fingerprint density at radius 3 is 2.27 bits per heavy atom. The van der Waals surface area contributed by atoms with Crippen LogP contribution in [0.5, 0.6) is 11.5 Å². The maximum atomic E-state index is 13.4. The molecular weight excluding hydrogens is 420 g/mol. The van der Waals surface area contributed by atoms with Crippen molar-refractivity contribution in [3.8, 4) is 11.5 Å². The fourth-order valence-corrected chi connectivity index (χ4v) is 4.69. The van der Waals surface area contributed by atoms with Crippen LogP contribution in [0.1, 0.15) is 45.4 Å². The molecule has 7 heteroatoms. The van der Waals surface area contributed by atoms with Crippen molar-refractivity contribution in [3.05, 3.63) is 54.6 Å². The minimum atomic E-state index is -0.806. The molecule has 2 fully saturated rings. The Labute approximate surface area is 194 Å². The van der Waals surface area contributed by atoms with E-state index in [4.69, 9.17) is 9.47 Å². The summed E-state index contributed by atoms with van der Waals surface area (Å²) in [5, 5.41) is 0. The first kappa shape index (κ1) is 22.8. The normalized spacial score (nSPS) is 18.9. The molecule has 1 aliphatic carbocycles. The average molecular weight is 451 g/mol. The van der Waals surface area contributed by atoms with Crippen molar-refractivity contribution in [1.29, 1.82) is 0 Å². The van der Waals surface area contributed by atoms with E-state index in [9.17, 15) is 14.4 Å². The lowest BCUT2D eigenvalue weighted by atomic mass is 9.92. The molecule has 4 rings (SSSR count). The fraction of sp³-hybridized carbons (Fsp3) is 0.423. The predicted molar refractivity (Wildman–Crippen MR) is 124 cm³/mol. The zero-order valence-electron chi connectivity index (χ0n) is 18.9. The maximum Gasteiger partial charge on any atom is 0.261 e. The molecule has 7 nitrogen and oxygen atoms in total. The smallest absolute Gasteiger partial charge is 0.261 e. The third kappa shape index (κ3) is 5.18. The van der Waals surface area contributed by atoms with Crippen molar-refractivity contribution >= 4 is 23.4 Å². The van der Waals surface area contributed by atoms with Gasteiger partial charge in [-0.2, -0.15) is 0 Å². The zero-order valence-corrected chi connectivity index (χ0v) is 18.9. The minimum Gasteiger partial charge on any atom is -0.494 e. The Morgan fingerprint density at radius 2 is 1.61 bits per heavy atom. The van der Waals surface area contributed by atoms with Gasteiger partial charge in [0.25, 0.3) is 11.8 Å². The number of ether oxygens (including phenoxy) is 2. The van der Waals surface area contributed by atoms with Crippen molar-refractivity contribution in [1.82, 2.24) is 4.90 Å². The van der Waals surface area contributed by atoms with Crippen LogP contribution in [0.4, 0.5) is 5.69 Å². The molecule has 1 unspecified atom stereocenters. The molecule has 0 spiro atoms. The molecule has 0 radical (unpaired) electrons. The van der Waals surface area contributed by atoms with Crippen LogP contribution in [0.15, 0.2) is 54.6 Å². The molecule has 1 saturated heterocycles. The molecule has 2 aromatic carbocycles. The van der Waals surface area contributed by atoms with Gasteiger partial charge in [-0.25, -0.2) is 4.90 Å². The third-order valence-corrected chi connectivity index (χ3v) is 6.23. The molecule has 0 bridgehead atoms. The van der Waals surface area contributed by atoms with E-state index in [0.29, 0.717) is 23.8 Å². The summed E-state index contributed by atoms with van der Waals surface area (Å²) in [6, 6.07) is 15.1. The van der Waals surface area contributed by atoms with Crippen molar-refractivity contribution in [2.24, 2.45) is 0 Å². The van der Waals surface area contributed by atoms with Crippen molar-refractivity contribution in [2.75, 3.05) is 18.1 Å². The van der Waals surface area contributed by atoms with Gasteiger partial charge in [0, 0.05) is 6.04 Å². The van der Waals surface area contributed by atoms with Gasteiger partial charge >= 0.3 is 0 Å². The summed E-state index contributed by atoms with van der Waals surface area (Å²) < 4.78 is 11.1. The molecule has 1 atom stereocenters. The lowest BCUT2D eigenvalue weighted by Gasteiger charge is -2.37. The topological polar surface area (TPSA) is 76.2 Å². The lowest BCUT2D eigenvalue weighted by molar-refractivity contribution is -0.143. The average Bonchev–Trinajstić information content (AvgIpc) is 3.13. The Morgan fingerprint density at radius 1 is 0.939 bits per heavy atom. The van der Waals surface area contributed by atoms with Crippen LogP contribution >= 0.6 is 0 Å². The predicted octanol–water partition coefficient (Wildman–Crippen LogP) is 3.96. The molecule has 174 valence electrons. The van der Waals surface area contributed by atoms with Crippen LogP contribution in [0.3, 0.4) is 0 Å². The fourth-order valence-electron chi connectivity index (χ4n) is 4.69. The molecule has 0 aromatic heterocycles. The Hall–Kier alpha value is -3.35. The van der Waals surface area contributed by atoms with Crippen molar-refractivity contribution in [2.45, 2.75) is 57.5 Å². The number of hydrogen-bond acceptors (Lipinski definition) is 5. The van der Waals surface area contributed by atoms with Crippen LogP contribution in [-0.2, 0) is 14.4 Å². The van der Waals surface area contributed by atoms with Crippen LogP contribution < -0.4 is 14.4 Å². The highest BCUT2D eigenvalue weighted by atomic mass is 16.5. The van der Waals surface area contributed by atoms with E-state index in [1.807, 2.05) is 25.1 Å². The molecule has 3 amide bonds. The minimum absolute atomic E-state index is 0.0143. The highest BCUT2D eigenvalue weighted by Crippen LogP contribution is 2.32. The number of imide groups is 1. The molecular formula is C26H30N2O5. The van der Waals surface area contributed by atoms with Crippen molar-refractivity contribution < 1.29 is 23.9 Å². The highest BCUT2D eigenvalue weighted by Gasteiger charge is 2.46. The van der Waals surface area contributed by atoms with E-state index in [-0.39, 0.29) is 36.8 Å². The lowest BCUT2D eigenvalue weighted by Crippen LogP contribution is -2.52. The molecule has 1 saturated carbocycles. The SMILES string of the molecule is CCOc1ccc(N2C(=O)CC(N(C(=O)COc3ccccc3)C3CCCCC3)C2=O)cc1. The Bertz CT molecular complexity index is 970. The second-order valence-corrected chi connectivity index (χ2v) is 8.41. The van der Waals surface area contributed by atoms with E-state index in [2.05, 4.69) is 0 Å². The first-order valence-corrected chi connectivity index (χ1v) is 11.7. The summed E-state index contributed by atoms with van der Waals surface area (Å²) in [5.74, 6) is 0.355. The molecule has 1 aliphatic heterocycles. The van der Waals surface area contributed by atoms with Crippen LogP contribution in [0.2, 0.25) is 0 Å². The second-order valence-electron chi connectivity index (χ2n) is 8.41. The van der Waals surface area contributed by atoms with E-state index in [0.717, 1.165) is 32.1 Å². The van der Waals surface area contributed by atoms with Crippen LogP contribution in [0, 0.1) is 0 Å². The largest absolute Gasteiger partial charge is 0.494 e. The van der Waals surface area contributed by atoms with Gasteiger partial charge in [0.2, 0.25) is 5.91 Å². The number of hydrogen-bond donors (Lipinski definition) is 0. The van der Waals surface area contributed by atoms with Crippen molar-refractivity contribution in [3.63, 3.8) is 0 Å². The summed E-state index contributed by atoms with van der Waals surface area (Å²) in [4.78, 5) is 42.5. The zero-order chi connectivity index (χ0) is 23.2. The quantitative estimate of drug-likeness (QED) is 0.569. The van der Waals surface area contributed by atoms with Gasteiger partial charge in [-0.15, -0.1) is 0 Å². The van der Waals surface area contributed by atoms with E-state index >= 15 is 0 Å². The molecule has 2 aromatic rings. The number of para-hydroxylation sites is 1. The first-order chi connectivity index (χ1) is 16.1.